The van der Waals surface area contributed by atoms with Crippen LogP contribution in [0.15, 0.2) is 48.5 Å². The van der Waals surface area contributed by atoms with Crippen molar-refractivity contribution in [3.8, 4) is 0 Å². The Morgan fingerprint density at radius 1 is 1.06 bits per heavy atom. The van der Waals surface area contributed by atoms with Gasteiger partial charge >= 0.3 is 0 Å². The highest BCUT2D eigenvalue weighted by atomic mass is 35.5. The van der Waals surface area contributed by atoms with Gasteiger partial charge in [-0.2, -0.15) is 0 Å². The summed E-state index contributed by atoms with van der Waals surface area (Å²) in [4.78, 5) is 53.1. The van der Waals surface area contributed by atoms with Gasteiger partial charge < -0.3 is 11.1 Å². The van der Waals surface area contributed by atoms with E-state index in [1.165, 1.54) is 4.90 Å². The fourth-order valence-corrected chi connectivity index (χ4v) is 5.51. The molecule has 164 valence electrons. The molecule has 0 aliphatic carbocycles. The molecule has 9 heteroatoms. The summed E-state index contributed by atoms with van der Waals surface area (Å²) in [6.45, 7) is 0.0201. The Balaban J connectivity index is 1.58. The number of rotatable bonds is 5. The third-order valence-electron chi connectivity index (χ3n) is 6.70. The molecule has 3 heterocycles. The van der Waals surface area contributed by atoms with Crippen LogP contribution in [0.3, 0.4) is 0 Å². The van der Waals surface area contributed by atoms with Gasteiger partial charge in [-0.1, -0.05) is 48.0 Å². The lowest BCUT2D eigenvalue weighted by Gasteiger charge is -2.29. The van der Waals surface area contributed by atoms with E-state index < -0.39 is 35.2 Å². The highest BCUT2D eigenvalue weighted by Crippen LogP contribution is 2.53. The van der Waals surface area contributed by atoms with E-state index in [1.54, 1.807) is 48.5 Å². The molecule has 4 amide bonds. The number of halogens is 1. The molecule has 0 aromatic heterocycles. The number of primary amides is 1. The summed E-state index contributed by atoms with van der Waals surface area (Å²) in [6.07, 6.45) is 0.277. The molecule has 5 rings (SSSR count). The Kier molecular flexibility index (Phi) is 4.79. The number of likely N-dealkylation sites (tertiary alicyclic amines) is 1. The maximum absolute atomic E-state index is 13.7. The summed E-state index contributed by atoms with van der Waals surface area (Å²) in [5.74, 6) is -3.42. The highest BCUT2D eigenvalue weighted by molar-refractivity contribution is 6.31. The molecule has 32 heavy (non-hydrogen) atoms. The maximum atomic E-state index is 13.7. The van der Waals surface area contributed by atoms with E-state index in [-0.39, 0.29) is 31.2 Å². The minimum absolute atomic E-state index is 0.0201. The highest BCUT2D eigenvalue weighted by Gasteiger charge is 2.70. The van der Waals surface area contributed by atoms with Crippen LogP contribution in [-0.4, -0.2) is 34.6 Å². The Morgan fingerprint density at radius 2 is 1.78 bits per heavy atom. The summed E-state index contributed by atoms with van der Waals surface area (Å²) in [6, 6.07) is 13.6. The average molecular weight is 453 g/mol. The predicted molar refractivity (Wildman–Crippen MR) is 116 cm³/mol. The van der Waals surface area contributed by atoms with Crippen molar-refractivity contribution < 1.29 is 19.2 Å². The SMILES string of the molecule is NC(=O)CC[C@@H]1N[C@]2(C(=O)Nc3ccccc32)[C@@H]2C(=O)N(Cc3ccccc3Cl)C(=O)[C@@H]12. The van der Waals surface area contributed by atoms with Gasteiger partial charge in [0.25, 0.3) is 0 Å². The van der Waals surface area contributed by atoms with Gasteiger partial charge in [0, 0.05) is 28.7 Å². The number of carbonyl (C=O) groups is 4. The number of benzene rings is 2. The summed E-state index contributed by atoms with van der Waals surface area (Å²) in [5.41, 5.74) is 5.83. The van der Waals surface area contributed by atoms with Gasteiger partial charge in [-0.15, -0.1) is 0 Å². The monoisotopic (exact) mass is 452 g/mol. The van der Waals surface area contributed by atoms with Crippen LogP contribution in [0.1, 0.15) is 24.0 Å². The molecule has 2 aromatic carbocycles. The van der Waals surface area contributed by atoms with E-state index in [0.29, 0.717) is 21.8 Å². The minimum Gasteiger partial charge on any atom is -0.370 e. The lowest BCUT2D eigenvalue weighted by atomic mass is 9.76. The maximum Gasteiger partial charge on any atom is 0.250 e. The zero-order valence-corrected chi connectivity index (χ0v) is 17.8. The zero-order chi connectivity index (χ0) is 22.6. The topological polar surface area (TPSA) is 122 Å². The third-order valence-corrected chi connectivity index (χ3v) is 7.07. The van der Waals surface area contributed by atoms with Gasteiger partial charge in [0.15, 0.2) is 0 Å². The lowest BCUT2D eigenvalue weighted by molar-refractivity contribution is -0.143. The van der Waals surface area contributed by atoms with E-state index >= 15 is 0 Å². The van der Waals surface area contributed by atoms with E-state index in [2.05, 4.69) is 10.6 Å². The number of nitrogens with two attached hydrogens (primary N) is 1. The number of anilines is 1. The summed E-state index contributed by atoms with van der Waals surface area (Å²) in [5, 5.41) is 6.56. The number of imide groups is 1. The van der Waals surface area contributed by atoms with Crippen molar-refractivity contribution in [2.24, 2.45) is 17.6 Å². The van der Waals surface area contributed by atoms with Gasteiger partial charge in [0.2, 0.25) is 23.6 Å². The molecule has 0 unspecified atom stereocenters. The van der Waals surface area contributed by atoms with Crippen LogP contribution in [-0.2, 0) is 31.3 Å². The van der Waals surface area contributed by atoms with Crippen molar-refractivity contribution in [2.75, 3.05) is 5.32 Å². The molecule has 0 saturated carbocycles. The Bertz CT molecular complexity index is 1170. The number of fused-ring (bicyclic) bond motifs is 4. The first-order valence-electron chi connectivity index (χ1n) is 10.4. The summed E-state index contributed by atoms with van der Waals surface area (Å²) < 4.78 is 0. The summed E-state index contributed by atoms with van der Waals surface area (Å²) in [7, 11) is 0. The van der Waals surface area contributed by atoms with Crippen molar-refractivity contribution in [3.63, 3.8) is 0 Å². The Labute approximate surface area is 189 Å². The lowest BCUT2D eigenvalue weighted by Crippen LogP contribution is -2.53. The van der Waals surface area contributed by atoms with Crippen molar-refractivity contribution in [1.82, 2.24) is 10.2 Å². The second-order valence-electron chi connectivity index (χ2n) is 8.42. The largest absolute Gasteiger partial charge is 0.370 e. The van der Waals surface area contributed by atoms with Gasteiger partial charge in [0.05, 0.1) is 18.4 Å². The van der Waals surface area contributed by atoms with E-state index in [0.717, 1.165) is 0 Å². The number of para-hydroxylation sites is 1. The molecule has 8 nitrogen and oxygen atoms in total. The van der Waals surface area contributed by atoms with Crippen molar-refractivity contribution in [1.29, 1.82) is 0 Å². The minimum atomic E-state index is -1.38. The molecule has 4 atom stereocenters. The molecule has 4 N–H and O–H groups in total. The molecule has 1 spiro atoms. The second kappa shape index (κ2) is 7.43. The van der Waals surface area contributed by atoms with Crippen molar-refractivity contribution in [2.45, 2.75) is 31.0 Å². The fourth-order valence-electron chi connectivity index (χ4n) is 5.32. The van der Waals surface area contributed by atoms with Crippen LogP contribution in [0.5, 0.6) is 0 Å². The molecule has 0 bridgehead atoms. The van der Waals surface area contributed by atoms with Crippen LogP contribution >= 0.6 is 11.6 Å². The first-order chi connectivity index (χ1) is 15.3. The van der Waals surface area contributed by atoms with Gasteiger partial charge in [-0.25, -0.2) is 0 Å². The Hall–Kier alpha value is -3.23. The van der Waals surface area contributed by atoms with E-state index in [1.807, 2.05) is 0 Å². The van der Waals surface area contributed by atoms with Crippen LogP contribution in [0.2, 0.25) is 5.02 Å². The third kappa shape index (κ3) is 2.87. The normalized spacial score (nSPS) is 28.2. The summed E-state index contributed by atoms with van der Waals surface area (Å²) >= 11 is 6.27. The van der Waals surface area contributed by atoms with Crippen LogP contribution in [0.4, 0.5) is 5.69 Å². The number of nitrogens with one attached hydrogen (secondary N) is 2. The van der Waals surface area contributed by atoms with E-state index in [9.17, 15) is 19.2 Å². The Morgan fingerprint density at radius 3 is 2.53 bits per heavy atom. The molecule has 0 radical (unpaired) electrons. The second-order valence-corrected chi connectivity index (χ2v) is 8.83. The van der Waals surface area contributed by atoms with E-state index in [4.69, 9.17) is 17.3 Å². The van der Waals surface area contributed by atoms with Crippen LogP contribution in [0, 0.1) is 11.8 Å². The number of hydrogen-bond donors (Lipinski definition) is 3. The smallest absolute Gasteiger partial charge is 0.250 e. The van der Waals surface area contributed by atoms with Gasteiger partial charge in [-0.05, 0) is 24.1 Å². The van der Waals surface area contributed by atoms with Crippen LogP contribution in [0.25, 0.3) is 0 Å². The van der Waals surface area contributed by atoms with Gasteiger partial charge in [-0.3, -0.25) is 29.4 Å². The average Bonchev–Trinajstić information content (AvgIpc) is 3.34. The molecule has 3 aliphatic rings. The zero-order valence-electron chi connectivity index (χ0n) is 17.0. The van der Waals surface area contributed by atoms with Crippen LogP contribution < -0.4 is 16.4 Å². The standard InChI is InChI=1S/C23H21ClN4O4/c24-14-7-3-1-5-12(14)11-28-20(30)18-16(9-10-17(25)29)27-23(19(18)21(28)31)13-6-2-4-8-15(13)26-22(23)32/h1-8,16,18-19,27H,9-11H2,(H2,25,29)(H,26,32)/t16-,18-,19-,23-/m0/s1. The molecule has 2 saturated heterocycles. The first kappa shape index (κ1) is 20.7. The molecular weight excluding hydrogens is 432 g/mol. The quantitative estimate of drug-likeness (QED) is 0.594. The fraction of sp³-hybridized carbons (Fsp3) is 0.304. The van der Waals surface area contributed by atoms with Gasteiger partial charge in [0.1, 0.15) is 5.54 Å². The van der Waals surface area contributed by atoms with Crippen molar-refractivity contribution >= 4 is 40.9 Å². The number of nitrogens with zero attached hydrogens (tertiary/aromatic N) is 1. The molecular formula is C23H21ClN4O4. The van der Waals surface area contributed by atoms with Crippen molar-refractivity contribution in [3.05, 3.63) is 64.7 Å². The first-order valence-corrected chi connectivity index (χ1v) is 10.8. The molecule has 2 fully saturated rings. The number of amides is 4. The molecule has 2 aromatic rings. The number of carbonyl (C=O) groups excluding carboxylic acids is 4. The predicted octanol–water partition coefficient (Wildman–Crippen LogP) is 1.53. The molecule has 3 aliphatic heterocycles. The number of hydrogen-bond acceptors (Lipinski definition) is 5.